The van der Waals surface area contributed by atoms with E-state index in [0.717, 1.165) is 48.5 Å². The molecular formula is C27H30N4O4. The fourth-order valence-electron chi connectivity index (χ4n) is 5.51. The second-order valence-electron chi connectivity index (χ2n) is 9.60. The van der Waals surface area contributed by atoms with E-state index in [9.17, 15) is 9.59 Å². The Morgan fingerprint density at radius 1 is 1.00 bits per heavy atom. The van der Waals surface area contributed by atoms with Crippen LogP contribution in [0.5, 0.6) is 11.5 Å². The monoisotopic (exact) mass is 474 g/mol. The van der Waals surface area contributed by atoms with Crippen molar-refractivity contribution in [3.63, 3.8) is 0 Å². The lowest BCUT2D eigenvalue weighted by Crippen LogP contribution is -2.32. The van der Waals surface area contributed by atoms with E-state index in [1.54, 1.807) is 4.90 Å². The number of benzene rings is 2. The molecule has 2 saturated heterocycles. The first-order valence-corrected chi connectivity index (χ1v) is 12.6. The number of amides is 2. The molecule has 0 N–H and O–H groups in total. The molecule has 0 aliphatic carbocycles. The summed E-state index contributed by atoms with van der Waals surface area (Å²) in [4.78, 5) is 34.8. The van der Waals surface area contributed by atoms with E-state index in [2.05, 4.69) is 10.6 Å². The van der Waals surface area contributed by atoms with Crippen molar-refractivity contribution in [3.05, 3.63) is 48.3 Å². The normalized spacial score (nSPS) is 20.0. The van der Waals surface area contributed by atoms with E-state index in [-0.39, 0.29) is 24.5 Å². The van der Waals surface area contributed by atoms with Crippen LogP contribution in [0.15, 0.2) is 42.5 Å². The predicted octanol–water partition coefficient (Wildman–Crippen LogP) is 4.08. The average Bonchev–Trinajstić information content (AvgIpc) is 3.53. The van der Waals surface area contributed by atoms with E-state index >= 15 is 0 Å². The molecule has 2 fully saturated rings. The Hall–Kier alpha value is -3.55. The Bertz CT molecular complexity index is 1260. The largest absolute Gasteiger partial charge is 0.454 e. The average molecular weight is 475 g/mol. The van der Waals surface area contributed by atoms with E-state index in [0.29, 0.717) is 37.4 Å². The number of hydrogen-bond acceptors (Lipinski definition) is 5. The third-order valence-electron chi connectivity index (χ3n) is 7.35. The van der Waals surface area contributed by atoms with Gasteiger partial charge in [-0.2, -0.15) is 0 Å². The number of fused-ring (bicyclic) bond motifs is 2. The summed E-state index contributed by atoms with van der Waals surface area (Å²) < 4.78 is 13.1. The number of rotatable bonds is 5. The van der Waals surface area contributed by atoms with Crippen molar-refractivity contribution in [3.8, 4) is 11.5 Å². The number of imidazole rings is 1. The van der Waals surface area contributed by atoms with E-state index in [1.165, 1.54) is 12.8 Å². The number of anilines is 1. The SMILES string of the molecule is O=C(CCn1c(C2CC(=O)N(c3ccc4c(c3)OCO4)C2)nc2ccccc21)N1CCCCCC1. The molecule has 1 aromatic heterocycles. The van der Waals surface area contributed by atoms with Crippen LogP contribution in [0.3, 0.4) is 0 Å². The van der Waals surface area contributed by atoms with Gasteiger partial charge in [0.25, 0.3) is 0 Å². The lowest BCUT2D eigenvalue weighted by atomic mass is 10.1. The van der Waals surface area contributed by atoms with Crippen molar-refractivity contribution in [2.75, 3.05) is 31.3 Å². The summed E-state index contributed by atoms with van der Waals surface area (Å²) in [6, 6.07) is 13.6. The van der Waals surface area contributed by atoms with Crippen molar-refractivity contribution in [1.29, 1.82) is 0 Å². The summed E-state index contributed by atoms with van der Waals surface area (Å²) in [6.07, 6.45) is 5.42. The number of para-hydroxylation sites is 2. The molecule has 1 atom stereocenters. The van der Waals surface area contributed by atoms with Crippen LogP contribution in [0, 0.1) is 0 Å². The minimum atomic E-state index is -0.0476. The zero-order valence-electron chi connectivity index (χ0n) is 19.8. The van der Waals surface area contributed by atoms with Crippen LogP contribution in [-0.2, 0) is 16.1 Å². The highest BCUT2D eigenvalue weighted by atomic mass is 16.7. The van der Waals surface area contributed by atoms with Crippen molar-refractivity contribution in [2.45, 2.75) is 51.0 Å². The van der Waals surface area contributed by atoms with Gasteiger partial charge in [-0.1, -0.05) is 25.0 Å². The molecule has 1 unspecified atom stereocenters. The van der Waals surface area contributed by atoms with Crippen LogP contribution in [-0.4, -0.2) is 52.7 Å². The second kappa shape index (κ2) is 9.24. The Morgan fingerprint density at radius 3 is 2.66 bits per heavy atom. The number of carbonyl (C=O) groups is 2. The third kappa shape index (κ3) is 4.22. The molecule has 8 nitrogen and oxygen atoms in total. The highest BCUT2D eigenvalue weighted by molar-refractivity contribution is 5.97. The molecule has 182 valence electrons. The standard InChI is InChI=1S/C27H30N4O4/c32-25(29-12-5-1-2-6-13-29)11-14-30-22-8-4-3-7-21(22)28-27(30)19-15-26(33)31(17-19)20-9-10-23-24(16-20)35-18-34-23/h3-4,7-10,16,19H,1-2,5-6,11-15,17-18H2. The molecule has 3 aliphatic heterocycles. The van der Waals surface area contributed by atoms with E-state index in [4.69, 9.17) is 14.5 Å². The van der Waals surface area contributed by atoms with Crippen molar-refractivity contribution in [2.24, 2.45) is 0 Å². The third-order valence-corrected chi connectivity index (χ3v) is 7.35. The van der Waals surface area contributed by atoms with Crippen LogP contribution >= 0.6 is 0 Å². The lowest BCUT2D eigenvalue weighted by Gasteiger charge is -2.21. The van der Waals surface area contributed by atoms with Crippen LogP contribution in [0.25, 0.3) is 11.0 Å². The molecule has 0 saturated carbocycles. The number of ether oxygens (including phenoxy) is 2. The Morgan fingerprint density at radius 2 is 1.80 bits per heavy atom. The van der Waals surface area contributed by atoms with Gasteiger partial charge < -0.3 is 23.8 Å². The van der Waals surface area contributed by atoms with E-state index < -0.39 is 0 Å². The molecule has 2 aromatic carbocycles. The van der Waals surface area contributed by atoms with Gasteiger partial charge >= 0.3 is 0 Å². The molecule has 35 heavy (non-hydrogen) atoms. The summed E-state index contributed by atoms with van der Waals surface area (Å²) in [5.74, 6) is 2.47. The van der Waals surface area contributed by atoms with Gasteiger partial charge in [-0.25, -0.2) is 4.98 Å². The Kier molecular flexibility index (Phi) is 5.80. The van der Waals surface area contributed by atoms with Crippen LogP contribution in [0.1, 0.15) is 50.3 Å². The topological polar surface area (TPSA) is 76.9 Å². The first kappa shape index (κ1) is 21.9. The summed E-state index contributed by atoms with van der Waals surface area (Å²) in [6.45, 7) is 3.03. The quantitative estimate of drug-likeness (QED) is 0.557. The number of nitrogens with zero attached hydrogens (tertiary/aromatic N) is 4. The first-order chi connectivity index (χ1) is 17.2. The molecule has 2 amide bonds. The molecular weight excluding hydrogens is 444 g/mol. The van der Waals surface area contributed by atoms with Gasteiger partial charge in [0, 0.05) is 56.7 Å². The van der Waals surface area contributed by atoms with Crippen LogP contribution in [0.4, 0.5) is 5.69 Å². The molecule has 3 aliphatic rings. The predicted molar refractivity (Wildman–Crippen MR) is 132 cm³/mol. The summed E-state index contributed by atoms with van der Waals surface area (Å²) in [5.41, 5.74) is 2.72. The van der Waals surface area contributed by atoms with Gasteiger partial charge in [0.1, 0.15) is 5.82 Å². The zero-order valence-corrected chi connectivity index (χ0v) is 19.8. The van der Waals surface area contributed by atoms with E-state index in [1.807, 2.05) is 41.3 Å². The zero-order chi connectivity index (χ0) is 23.8. The minimum Gasteiger partial charge on any atom is -0.454 e. The maximum Gasteiger partial charge on any atom is 0.231 e. The van der Waals surface area contributed by atoms with Gasteiger partial charge in [0.05, 0.1) is 11.0 Å². The number of hydrogen-bond donors (Lipinski definition) is 0. The molecule has 8 heteroatoms. The Labute approximate surface area is 204 Å². The summed E-state index contributed by atoms with van der Waals surface area (Å²) in [5, 5.41) is 0. The highest BCUT2D eigenvalue weighted by Gasteiger charge is 2.35. The maximum atomic E-state index is 13.0. The molecule has 6 rings (SSSR count). The smallest absolute Gasteiger partial charge is 0.231 e. The number of aromatic nitrogens is 2. The highest BCUT2D eigenvalue weighted by Crippen LogP contribution is 2.39. The van der Waals surface area contributed by atoms with Gasteiger partial charge in [0.2, 0.25) is 18.6 Å². The van der Waals surface area contributed by atoms with Crippen molar-refractivity contribution in [1.82, 2.24) is 14.5 Å². The first-order valence-electron chi connectivity index (χ1n) is 12.6. The molecule has 3 aromatic rings. The van der Waals surface area contributed by atoms with Gasteiger partial charge in [-0.15, -0.1) is 0 Å². The summed E-state index contributed by atoms with van der Waals surface area (Å²) in [7, 11) is 0. The Balaban J connectivity index is 1.24. The van der Waals surface area contributed by atoms with Crippen LogP contribution < -0.4 is 14.4 Å². The number of aryl methyl sites for hydroxylation is 1. The molecule has 0 spiro atoms. The van der Waals surface area contributed by atoms with Crippen molar-refractivity contribution < 1.29 is 19.1 Å². The fourth-order valence-corrected chi connectivity index (χ4v) is 5.51. The van der Waals surface area contributed by atoms with Crippen LogP contribution in [0.2, 0.25) is 0 Å². The molecule has 4 heterocycles. The van der Waals surface area contributed by atoms with Gasteiger partial charge in [0.15, 0.2) is 11.5 Å². The lowest BCUT2D eigenvalue weighted by molar-refractivity contribution is -0.131. The molecule has 0 bridgehead atoms. The van der Waals surface area contributed by atoms with Gasteiger partial charge in [-0.3, -0.25) is 9.59 Å². The van der Waals surface area contributed by atoms with Gasteiger partial charge in [-0.05, 0) is 37.1 Å². The number of likely N-dealkylation sites (tertiary alicyclic amines) is 1. The number of carbonyl (C=O) groups excluding carboxylic acids is 2. The molecule has 0 radical (unpaired) electrons. The second-order valence-corrected chi connectivity index (χ2v) is 9.60. The maximum absolute atomic E-state index is 13.0. The van der Waals surface area contributed by atoms with Crippen molar-refractivity contribution >= 4 is 28.5 Å². The fraction of sp³-hybridized carbons (Fsp3) is 0.444. The minimum absolute atomic E-state index is 0.0476. The summed E-state index contributed by atoms with van der Waals surface area (Å²) >= 11 is 0.